The molecule has 2 N–H and O–H groups in total. The van der Waals surface area contributed by atoms with E-state index in [0.29, 0.717) is 5.75 Å². The molecule has 4 nitrogen and oxygen atoms in total. The number of aryl methyl sites for hydroxylation is 1. The monoisotopic (exact) mass is 357 g/mol. The number of hydrogen-bond donors (Lipinski definition) is 2. The van der Waals surface area contributed by atoms with Crippen molar-refractivity contribution in [1.82, 2.24) is 4.98 Å². The first-order valence-electron chi connectivity index (χ1n) is 8.77. The molecule has 1 aromatic heterocycles. The summed E-state index contributed by atoms with van der Waals surface area (Å²) in [7, 11) is 0. The van der Waals surface area contributed by atoms with Gasteiger partial charge < -0.3 is 14.8 Å². The topological polar surface area (TPSA) is 62.3 Å². The van der Waals surface area contributed by atoms with Gasteiger partial charge in [-0.25, -0.2) is 0 Å². The molecule has 0 radical (unpaired) electrons. The van der Waals surface area contributed by atoms with Crippen LogP contribution in [0.15, 0.2) is 72.8 Å². The number of nitrogens with one attached hydrogen (secondary N) is 1. The van der Waals surface area contributed by atoms with Gasteiger partial charge in [-0.2, -0.15) is 0 Å². The van der Waals surface area contributed by atoms with Crippen LogP contribution in [0.25, 0.3) is 22.2 Å². The first-order valence-corrected chi connectivity index (χ1v) is 8.77. The van der Waals surface area contributed by atoms with Gasteiger partial charge in [0.05, 0.1) is 12.1 Å². The van der Waals surface area contributed by atoms with Crippen LogP contribution in [0.4, 0.5) is 0 Å². The molecule has 27 heavy (non-hydrogen) atoms. The van der Waals surface area contributed by atoms with Crippen LogP contribution in [0, 0.1) is 6.92 Å². The Bertz CT molecular complexity index is 1110. The fourth-order valence-electron chi connectivity index (χ4n) is 3.34. The fraction of sp³-hybridized carbons (Fsp3) is 0.0870. The number of hydrogen-bond acceptors (Lipinski definition) is 2. The Morgan fingerprint density at radius 3 is 2.48 bits per heavy atom. The zero-order chi connectivity index (χ0) is 18.8. The van der Waals surface area contributed by atoms with Crippen LogP contribution in [-0.4, -0.2) is 16.1 Å². The van der Waals surface area contributed by atoms with E-state index in [0.717, 1.165) is 39.0 Å². The van der Waals surface area contributed by atoms with Crippen LogP contribution in [0.5, 0.6) is 11.5 Å². The Kier molecular flexibility index (Phi) is 4.38. The number of carboxylic acids is 1. The van der Waals surface area contributed by atoms with E-state index in [-0.39, 0.29) is 6.42 Å². The maximum Gasteiger partial charge on any atom is 0.307 e. The third-order valence-electron chi connectivity index (χ3n) is 4.58. The van der Waals surface area contributed by atoms with Gasteiger partial charge >= 0.3 is 5.97 Å². The maximum absolute atomic E-state index is 11.4. The Labute approximate surface area is 157 Å². The molecule has 0 fully saturated rings. The Hall–Kier alpha value is -3.53. The molecule has 0 saturated carbocycles. The molecule has 0 aliphatic heterocycles. The van der Waals surface area contributed by atoms with Crippen LogP contribution >= 0.6 is 0 Å². The molecular formula is C23H19NO3. The smallest absolute Gasteiger partial charge is 0.307 e. The minimum Gasteiger partial charge on any atom is -0.481 e. The van der Waals surface area contributed by atoms with Crippen molar-refractivity contribution in [3.8, 4) is 22.8 Å². The van der Waals surface area contributed by atoms with Gasteiger partial charge in [-0.1, -0.05) is 48.5 Å². The number of fused-ring (bicyclic) bond motifs is 1. The van der Waals surface area contributed by atoms with Crippen molar-refractivity contribution in [1.29, 1.82) is 0 Å². The van der Waals surface area contributed by atoms with E-state index >= 15 is 0 Å². The van der Waals surface area contributed by atoms with E-state index in [4.69, 9.17) is 4.74 Å². The lowest BCUT2D eigenvalue weighted by atomic mass is 10.0. The summed E-state index contributed by atoms with van der Waals surface area (Å²) < 4.78 is 5.93. The highest BCUT2D eigenvalue weighted by molar-refractivity contribution is 5.95. The Morgan fingerprint density at radius 2 is 1.70 bits per heavy atom. The highest BCUT2D eigenvalue weighted by Gasteiger charge is 2.17. The van der Waals surface area contributed by atoms with Gasteiger partial charge in [0.2, 0.25) is 0 Å². The minimum absolute atomic E-state index is 0.0391. The van der Waals surface area contributed by atoms with E-state index in [1.165, 1.54) is 0 Å². The van der Waals surface area contributed by atoms with E-state index in [9.17, 15) is 9.90 Å². The van der Waals surface area contributed by atoms with Crippen LogP contribution in [-0.2, 0) is 11.2 Å². The van der Waals surface area contributed by atoms with Crippen LogP contribution in [0.1, 0.15) is 11.1 Å². The van der Waals surface area contributed by atoms with Crippen molar-refractivity contribution in [3.05, 3.63) is 83.9 Å². The second-order valence-corrected chi connectivity index (χ2v) is 6.49. The summed E-state index contributed by atoms with van der Waals surface area (Å²) in [6.07, 6.45) is -0.0391. The minimum atomic E-state index is -0.852. The third kappa shape index (κ3) is 3.42. The lowest BCUT2D eigenvalue weighted by Crippen LogP contribution is -2.01. The van der Waals surface area contributed by atoms with Gasteiger partial charge in [-0.3, -0.25) is 4.79 Å². The highest BCUT2D eigenvalue weighted by Crippen LogP contribution is 2.34. The average molecular weight is 357 g/mol. The zero-order valence-electron chi connectivity index (χ0n) is 14.9. The van der Waals surface area contributed by atoms with Crippen molar-refractivity contribution in [2.24, 2.45) is 0 Å². The number of carboxylic acid groups (broad SMARTS) is 1. The van der Waals surface area contributed by atoms with E-state index in [2.05, 4.69) is 4.98 Å². The number of aromatic nitrogens is 1. The molecule has 1 heterocycles. The molecule has 0 aliphatic carbocycles. The summed E-state index contributed by atoms with van der Waals surface area (Å²) in [6.45, 7) is 2.02. The summed E-state index contributed by atoms with van der Waals surface area (Å²) in [4.78, 5) is 14.9. The first-order chi connectivity index (χ1) is 13.1. The number of H-pyrrole nitrogens is 1. The second kappa shape index (κ2) is 7.00. The predicted octanol–water partition coefficient (Wildman–Crippen LogP) is 5.56. The summed E-state index contributed by atoms with van der Waals surface area (Å²) in [5.41, 5.74) is 4.56. The predicted molar refractivity (Wildman–Crippen MR) is 106 cm³/mol. The first kappa shape index (κ1) is 16.9. The fourth-order valence-corrected chi connectivity index (χ4v) is 3.34. The number of ether oxygens (including phenoxy) is 1. The van der Waals surface area contributed by atoms with Crippen LogP contribution < -0.4 is 4.74 Å². The van der Waals surface area contributed by atoms with Crippen molar-refractivity contribution in [3.63, 3.8) is 0 Å². The molecule has 0 unspecified atom stereocenters. The molecule has 4 aromatic rings. The molecule has 0 bridgehead atoms. The third-order valence-corrected chi connectivity index (χ3v) is 4.58. The number of aromatic amines is 1. The SMILES string of the molecule is Cc1cccc2c(CC(=O)O)c(-c3cccc(Oc4ccccc4)c3)[nH]c12. The molecule has 0 spiro atoms. The van der Waals surface area contributed by atoms with Gasteiger partial charge in [-0.15, -0.1) is 0 Å². The number of benzene rings is 3. The van der Waals surface area contributed by atoms with Crippen LogP contribution in [0.3, 0.4) is 0 Å². The van der Waals surface area contributed by atoms with Crippen molar-refractivity contribution in [2.75, 3.05) is 0 Å². The maximum atomic E-state index is 11.4. The molecule has 4 heteroatoms. The molecule has 134 valence electrons. The van der Waals surface area contributed by atoms with Crippen molar-refractivity contribution < 1.29 is 14.6 Å². The van der Waals surface area contributed by atoms with Gasteiger partial charge in [0, 0.05) is 16.5 Å². The Morgan fingerprint density at radius 1 is 0.963 bits per heavy atom. The summed E-state index contributed by atoms with van der Waals surface area (Å²) in [6, 6.07) is 23.2. The Balaban J connectivity index is 1.81. The van der Waals surface area contributed by atoms with Crippen molar-refractivity contribution >= 4 is 16.9 Å². The second-order valence-electron chi connectivity index (χ2n) is 6.49. The number of carbonyl (C=O) groups is 1. The van der Waals surface area contributed by atoms with Gasteiger partial charge in [-0.05, 0) is 42.3 Å². The highest BCUT2D eigenvalue weighted by atomic mass is 16.5. The number of para-hydroxylation sites is 2. The standard InChI is InChI=1S/C23H19NO3/c1-15-7-5-12-19-20(14-21(25)26)23(24-22(15)19)16-8-6-11-18(13-16)27-17-9-3-2-4-10-17/h2-13,24H,14H2,1H3,(H,25,26). The molecule has 0 amide bonds. The van der Waals surface area contributed by atoms with Gasteiger partial charge in [0.25, 0.3) is 0 Å². The van der Waals surface area contributed by atoms with Gasteiger partial charge in [0.15, 0.2) is 0 Å². The number of aliphatic carboxylic acids is 1. The molecule has 0 aliphatic rings. The van der Waals surface area contributed by atoms with Crippen LogP contribution in [0.2, 0.25) is 0 Å². The lowest BCUT2D eigenvalue weighted by molar-refractivity contribution is -0.136. The average Bonchev–Trinajstić information content (AvgIpc) is 3.02. The van der Waals surface area contributed by atoms with E-state index in [1.54, 1.807) is 0 Å². The quantitative estimate of drug-likeness (QED) is 0.491. The lowest BCUT2D eigenvalue weighted by Gasteiger charge is -2.08. The number of rotatable bonds is 5. The molecular weight excluding hydrogens is 338 g/mol. The summed E-state index contributed by atoms with van der Waals surface area (Å²) >= 11 is 0. The van der Waals surface area contributed by atoms with Crippen molar-refractivity contribution in [2.45, 2.75) is 13.3 Å². The summed E-state index contributed by atoms with van der Waals surface area (Å²) in [5.74, 6) is 0.610. The normalized spacial score (nSPS) is 10.9. The van der Waals surface area contributed by atoms with E-state index in [1.807, 2.05) is 79.7 Å². The molecule has 4 rings (SSSR count). The largest absolute Gasteiger partial charge is 0.481 e. The zero-order valence-corrected chi connectivity index (χ0v) is 14.9. The molecule has 0 saturated heterocycles. The summed E-state index contributed by atoms with van der Waals surface area (Å²) in [5, 5.41) is 10.3. The van der Waals surface area contributed by atoms with E-state index < -0.39 is 5.97 Å². The van der Waals surface area contributed by atoms with Gasteiger partial charge in [0.1, 0.15) is 11.5 Å². The molecule has 3 aromatic carbocycles. The molecule has 0 atom stereocenters.